The van der Waals surface area contributed by atoms with Gasteiger partial charge < -0.3 is 4.74 Å². The fourth-order valence-corrected chi connectivity index (χ4v) is 2.54. The van der Waals surface area contributed by atoms with E-state index in [2.05, 4.69) is 28.3 Å². The fraction of sp³-hybridized carbons (Fsp3) is 0.571. The van der Waals surface area contributed by atoms with Gasteiger partial charge in [-0.25, -0.2) is 4.39 Å². The second-order valence-electron chi connectivity index (χ2n) is 4.50. The van der Waals surface area contributed by atoms with Crippen molar-refractivity contribution < 1.29 is 9.13 Å². The zero-order valence-electron chi connectivity index (χ0n) is 11.5. The molecule has 0 bridgehead atoms. The van der Waals surface area contributed by atoms with Gasteiger partial charge in [0.1, 0.15) is 5.82 Å². The summed E-state index contributed by atoms with van der Waals surface area (Å²) >= 11 is 3.44. The third-order valence-electron chi connectivity index (χ3n) is 3.06. The van der Waals surface area contributed by atoms with Crippen LogP contribution in [0.5, 0.6) is 0 Å². The van der Waals surface area contributed by atoms with Crippen LogP contribution in [0.4, 0.5) is 4.39 Å². The van der Waals surface area contributed by atoms with E-state index in [1.165, 1.54) is 12.1 Å². The van der Waals surface area contributed by atoms with Gasteiger partial charge in [0.25, 0.3) is 0 Å². The van der Waals surface area contributed by atoms with Crippen LogP contribution in [0.25, 0.3) is 0 Å². The molecule has 19 heavy (non-hydrogen) atoms. The number of nitrogens with one attached hydrogen (secondary N) is 1. The van der Waals surface area contributed by atoms with Crippen LogP contribution in [-0.4, -0.2) is 18.8 Å². The van der Waals surface area contributed by atoms with Gasteiger partial charge in [-0.1, -0.05) is 29.3 Å². The smallest absolute Gasteiger partial charge is 0.123 e. The summed E-state index contributed by atoms with van der Waals surface area (Å²) < 4.78 is 19.9. The molecule has 0 aliphatic heterocycles. The van der Waals surface area contributed by atoms with Crippen LogP contribution in [0.3, 0.4) is 0 Å². The average Bonchev–Trinajstić information content (AvgIpc) is 2.39. The van der Waals surface area contributed by atoms with Crippen molar-refractivity contribution in [3.63, 3.8) is 0 Å². The number of hydrogen-bond donors (Lipinski definition) is 2. The van der Waals surface area contributed by atoms with E-state index in [0.717, 1.165) is 22.9 Å². The first-order valence-electron chi connectivity index (χ1n) is 6.64. The average molecular weight is 333 g/mol. The molecule has 2 atom stereocenters. The number of benzene rings is 1. The van der Waals surface area contributed by atoms with E-state index in [0.29, 0.717) is 13.0 Å². The predicted octanol–water partition coefficient (Wildman–Crippen LogP) is 3.17. The highest BCUT2D eigenvalue weighted by molar-refractivity contribution is 9.10. The highest BCUT2D eigenvalue weighted by atomic mass is 79.9. The Morgan fingerprint density at radius 1 is 1.42 bits per heavy atom. The third-order valence-corrected chi connectivity index (χ3v) is 3.84. The largest absolute Gasteiger partial charge is 0.377 e. The van der Waals surface area contributed by atoms with Gasteiger partial charge >= 0.3 is 0 Å². The molecule has 0 aliphatic rings. The first-order valence-corrected chi connectivity index (χ1v) is 7.43. The summed E-state index contributed by atoms with van der Waals surface area (Å²) in [6.45, 7) is 4.72. The maximum absolute atomic E-state index is 13.3. The molecule has 3 N–H and O–H groups in total. The van der Waals surface area contributed by atoms with Crippen molar-refractivity contribution in [2.24, 2.45) is 5.84 Å². The molecule has 1 aromatic carbocycles. The lowest BCUT2D eigenvalue weighted by Gasteiger charge is -2.26. The summed E-state index contributed by atoms with van der Waals surface area (Å²) in [6, 6.07) is 4.65. The lowest BCUT2D eigenvalue weighted by atomic mass is 9.98. The van der Waals surface area contributed by atoms with Crippen LogP contribution in [0, 0.1) is 5.82 Å². The molecule has 0 fully saturated rings. The van der Waals surface area contributed by atoms with E-state index in [4.69, 9.17) is 10.6 Å². The van der Waals surface area contributed by atoms with E-state index in [-0.39, 0.29) is 18.0 Å². The lowest BCUT2D eigenvalue weighted by molar-refractivity contribution is 0.0281. The summed E-state index contributed by atoms with van der Waals surface area (Å²) in [4.78, 5) is 0. The Balaban J connectivity index is 2.81. The molecule has 0 aliphatic carbocycles. The van der Waals surface area contributed by atoms with Crippen LogP contribution in [0.1, 0.15) is 32.3 Å². The Hall–Kier alpha value is -0.490. The number of halogens is 2. The number of hydrogen-bond acceptors (Lipinski definition) is 3. The lowest BCUT2D eigenvalue weighted by Crippen LogP contribution is -2.46. The molecule has 3 nitrogen and oxygen atoms in total. The van der Waals surface area contributed by atoms with Gasteiger partial charge in [-0.2, -0.15) is 0 Å². The summed E-state index contributed by atoms with van der Waals surface area (Å²) in [5, 5.41) is 0. The van der Waals surface area contributed by atoms with E-state index in [9.17, 15) is 4.39 Å². The summed E-state index contributed by atoms with van der Waals surface area (Å²) in [6.07, 6.45) is 2.61. The van der Waals surface area contributed by atoms with E-state index < -0.39 is 0 Å². The molecule has 0 amide bonds. The molecule has 2 unspecified atom stereocenters. The fourth-order valence-electron chi connectivity index (χ4n) is 2.13. The zero-order chi connectivity index (χ0) is 14.3. The molecule has 1 rings (SSSR count). The first-order chi connectivity index (χ1) is 9.12. The molecule has 1 aromatic rings. The molecule has 0 spiro atoms. The van der Waals surface area contributed by atoms with Gasteiger partial charge in [0.15, 0.2) is 0 Å². The Labute approximate surface area is 122 Å². The minimum absolute atomic E-state index is 0.0296. The highest BCUT2D eigenvalue weighted by Crippen LogP contribution is 2.21. The number of rotatable bonds is 8. The Kier molecular flexibility index (Phi) is 7.53. The Morgan fingerprint density at radius 2 is 2.16 bits per heavy atom. The molecule has 0 heterocycles. The predicted molar refractivity (Wildman–Crippen MR) is 79.2 cm³/mol. The molecule has 0 saturated carbocycles. The minimum Gasteiger partial charge on any atom is -0.377 e. The normalized spacial score (nSPS) is 14.4. The number of nitrogens with two attached hydrogens (primary N) is 1. The van der Waals surface area contributed by atoms with Crippen LogP contribution in [0.2, 0.25) is 0 Å². The summed E-state index contributed by atoms with van der Waals surface area (Å²) in [7, 11) is 0. The van der Waals surface area contributed by atoms with Crippen LogP contribution in [-0.2, 0) is 11.2 Å². The summed E-state index contributed by atoms with van der Waals surface area (Å²) in [5.74, 6) is 5.39. The molecule has 0 saturated heterocycles. The van der Waals surface area contributed by atoms with Crippen molar-refractivity contribution in [3.8, 4) is 0 Å². The van der Waals surface area contributed by atoms with E-state index in [1.807, 2.05) is 6.92 Å². The van der Waals surface area contributed by atoms with Crippen LogP contribution >= 0.6 is 15.9 Å². The van der Waals surface area contributed by atoms with Gasteiger partial charge in [0.05, 0.1) is 12.1 Å². The second-order valence-corrected chi connectivity index (χ2v) is 5.35. The van der Waals surface area contributed by atoms with Gasteiger partial charge in [-0.15, -0.1) is 0 Å². The topological polar surface area (TPSA) is 47.3 Å². The third kappa shape index (κ3) is 5.18. The van der Waals surface area contributed by atoms with Gasteiger partial charge in [-0.05, 0) is 43.5 Å². The van der Waals surface area contributed by atoms with Crippen molar-refractivity contribution in [1.29, 1.82) is 0 Å². The van der Waals surface area contributed by atoms with E-state index in [1.54, 1.807) is 6.07 Å². The van der Waals surface area contributed by atoms with Gasteiger partial charge in [0.2, 0.25) is 0 Å². The summed E-state index contributed by atoms with van der Waals surface area (Å²) in [5.41, 5.74) is 3.69. The number of hydrazine groups is 1. The van der Waals surface area contributed by atoms with Crippen molar-refractivity contribution in [2.45, 2.75) is 45.3 Å². The minimum atomic E-state index is -0.238. The second kappa shape index (κ2) is 8.64. The Morgan fingerprint density at radius 3 is 2.74 bits per heavy atom. The van der Waals surface area contributed by atoms with Crippen molar-refractivity contribution in [2.75, 3.05) is 6.61 Å². The van der Waals surface area contributed by atoms with Gasteiger partial charge in [-0.3, -0.25) is 11.3 Å². The van der Waals surface area contributed by atoms with Crippen molar-refractivity contribution in [1.82, 2.24) is 5.43 Å². The molecular formula is C14H22BrFN2O. The SMILES string of the molecule is CCCC(OCC)C(Cc1cc(F)ccc1Br)NN. The molecular weight excluding hydrogens is 311 g/mol. The zero-order valence-corrected chi connectivity index (χ0v) is 13.0. The molecule has 108 valence electrons. The maximum atomic E-state index is 13.3. The maximum Gasteiger partial charge on any atom is 0.123 e. The van der Waals surface area contributed by atoms with Crippen LogP contribution < -0.4 is 11.3 Å². The Bertz CT molecular complexity index is 384. The highest BCUT2D eigenvalue weighted by Gasteiger charge is 2.21. The van der Waals surface area contributed by atoms with Crippen molar-refractivity contribution in [3.05, 3.63) is 34.1 Å². The van der Waals surface area contributed by atoms with Crippen molar-refractivity contribution >= 4 is 15.9 Å². The quantitative estimate of drug-likeness (QED) is 0.567. The van der Waals surface area contributed by atoms with E-state index >= 15 is 0 Å². The van der Waals surface area contributed by atoms with Crippen LogP contribution in [0.15, 0.2) is 22.7 Å². The number of ether oxygens (including phenoxy) is 1. The van der Waals surface area contributed by atoms with Gasteiger partial charge in [0, 0.05) is 11.1 Å². The monoisotopic (exact) mass is 332 g/mol. The first kappa shape index (κ1) is 16.6. The molecule has 0 aromatic heterocycles. The molecule has 0 radical (unpaired) electrons. The molecule has 5 heteroatoms. The standard InChI is InChI=1S/C14H22BrFN2O/c1-3-5-14(19-4-2)13(18-17)9-10-8-11(16)6-7-12(10)15/h6-8,13-14,18H,3-5,9,17H2,1-2H3.